The van der Waals surface area contributed by atoms with Crippen molar-refractivity contribution in [2.45, 2.75) is 51.1 Å². The van der Waals surface area contributed by atoms with Gasteiger partial charge in [-0.2, -0.15) is 5.26 Å². The highest BCUT2D eigenvalue weighted by molar-refractivity contribution is 5.51. The summed E-state index contributed by atoms with van der Waals surface area (Å²) in [5.74, 6) is 0.695. The predicted octanol–water partition coefficient (Wildman–Crippen LogP) is 3.39. The van der Waals surface area contributed by atoms with Gasteiger partial charge in [0.15, 0.2) is 0 Å². The van der Waals surface area contributed by atoms with Gasteiger partial charge in [0.2, 0.25) is 0 Å². The first kappa shape index (κ1) is 17.3. The third kappa shape index (κ3) is 4.49. The molecule has 3 rings (SSSR count). The molecule has 2 aliphatic rings. The minimum absolute atomic E-state index is 0.209. The van der Waals surface area contributed by atoms with E-state index in [2.05, 4.69) is 40.6 Å². The largest absolute Gasteiger partial charge is 0.396 e. The summed E-state index contributed by atoms with van der Waals surface area (Å²) in [6.07, 6.45) is 6.52. The molecule has 1 aromatic rings. The van der Waals surface area contributed by atoms with Crippen LogP contribution in [0.4, 0.5) is 5.69 Å². The van der Waals surface area contributed by atoms with Gasteiger partial charge in [-0.05, 0) is 62.7 Å². The van der Waals surface area contributed by atoms with Crippen LogP contribution in [-0.2, 0) is 6.54 Å². The van der Waals surface area contributed by atoms with Crippen LogP contribution in [-0.4, -0.2) is 35.7 Å². The molecule has 2 fully saturated rings. The van der Waals surface area contributed by atoms with Gasteiger partial charge >= 0.3 is 0 Å². The molecule has 1 saturated carbocycles. The molecular weight excluding hydrogens is 298 g/mol. The Kier molecular flexibility index (Phi) is 6.12. The first-order valence-electron chi connectivity index (χ1n) is 9.35. The molecule has 0 radical (unpaired) electrons. The number of benzene rings is 1. The molecule has 4 heteroatoms. The van der Waals surface area contributed by atoms with Crippen molar-refractivity contribution >= 4 is 5.69 Å². The smallest absolute Gasteiger partial charge is 0.0656 e. The van der Waals surface area contributed by atoms with Gasteiger partial charge < -0.3 is 10.4 Å². The van der Waals surface area contributed by atoms with Gasteiger partial charge in [-0.25, -0.2) is 0 Å². The number of piperidine rings is 1. The van der Waals surface area contributed by atoms with Crippen LogP contribution in [0.3, 0.4) is 0 Å². The average molecular weight is 327 g/mol. The highest BCUT2D eigenvalue weighted by Gasteiger charge is 2.23. The lowest BCUT2D eigenvalue weighted by Gasteiger charge is -2.32. The van der Waals surface area contributed by atoms with Crippen molar-refractivity contribution in [3.05, 3.63) is 29.8 Å². The van der Waals surface area contributed by atoms with Crippen LogP contribution < -0.4 is 5.32 Å². The maximum absolute atomic E-state index is 9.28. The molecule has 1 aromatic carbocycles. The van der Waals surface area contributed by atoms with Crippen LogP contribution in [0, 0.1) is 23.2 Å². The van der Waals surface area contributed by atoms with E-state index >= 15 is 0 Å². The Morgan fingerprint density at radius 3 is 2.71 bits per heavy atom. The summed E-state index contributed by atoms with van der Waals surface area (Å²) in [5, 5.41) is 22.2. The van der Waals surface area contributed by atoms with E-state index in [0.29, 0.717) is 18.6 Å². The maximum Gasteiger partial charge on any atom is 0.0656 e. The molecule has 0 unspecified atom stereocenters. The number of hydrogen-bond donors (Lipinski definition) is 2. The minimum atomic E-state index is 0.209. The van der Waals surface area contributed by atoms with Crippen molar-refractivity contribution in [1.82, 2.24) is 4.90 Å². The quantitative estimate of drug-likeness (QED) is 0.870. The van der Waals surface area contributed by atoms with Gasteiger partial charge in [0.1, 0.15) is 0 Å². The number of rotatable bonds is 5. The SMILES string of the molecule is N#C[C@H]1CCC[C@H](Nc2ccccc2CN2CCC(CO)CC2)C1. The molecular formula is C20H29N3O. The molecule has 0 spiro atoms. The molecule has 0 aromatic heterocycles. The number of aliphatic hydroxyl groups excluding tert-OH is 1. The second-order valence-corrected chi connectivity index (χ2v) is 7.39. The number of anilines is 1. The van der Waals surface area contributed by atoms with E-state index in [9.17, 15) is 10.4 Å². The number of nitriles is 1. The summed E-state index contributed by atoms with van der Waals surface area (Å²) in [5.41, 5.74) is 2.57. The Morgan fingerprint density at radius 2 is 1.96 bits per heavy atom. The maximum atomic E-state index is 9.28. The van der Waals surface area contributed by atoms with Gasteiger partial charge in [-0.1, -0.05) is 24.6 Å². The van der Waals surface area contributed by atoms with Crippen LogP contribution in [0.2, 0.25) is 0 Å². The monoisotopic (exact) mass is 327 g/mol. The molecule has 130 valence electrons. The Labute approximate surface area is 145 Å². The Bertz CT molecular complexity index is 560. The molecule has 1 aliphatic heterocycles. The van der Waals surface area contributed by atoms with Crippen LogP contribution >= 0.6 is 0 Å². The third-order valence-corrected chi connectivity index (χ3v) is 5.59. The number of likely N-dealkylation sites (tertiary alicyclic amines) is 1. The lowest BCUT2D eigenvalue weighted by molar-refractivity contribution is 0.127. The molecule has 1 aliphatic carbocycles. The third-order valence-electron chi connectivity index (χ3n) is 5.59. The highest BCUT2D eigenvalue weighted by Crippen LogP contribution is 2.28. The first-order valence-corrected chi connectivity index (χ1v) is 9.35. The van der Waals surface area contributed by atoms with Crippen LogP contribution in [0.5, 0.6) is 0 Å². The van der Waals surface area contributed by atoms with Crippen LogP contribution in [0.1, 0.15) is 44.1 Å². The van der Waals surface area contributed by atoms with Crippen molar-refractivity contribution in [3.8, 4) is 6.07 Å². The molecule has 4 nitrogen and oxygen atoms in total. The van der Waals surface area contributed by atoms with E-state index in [1.807, 2.05) is 0 Å². The second kappa shape index (κ2) is 8.50. The highest BCUT2D eigenvalue weighted by atomic mass is 16.3. The Balaban J connectivity index is 1.60. The van der Waals surface area contributed by atoms with Gasteiger partial charge in [-0.3, -0.25) is 4.90 Å². The standard InChI is InChI=1S/C20H29N3O/c21-13-17-4-3-6-19(12-17)22-20-7-2-1-5-18(20)14-23-10-8-16(15-24)9-11-23/h1-2,5,7,16-17,19,22,24H,3-4,6,8-12,14-15H2/t17-,19-/m0/s1. The zero-order chi connectivity index (χ0) is 16.8. The number of nitrogens with one attached hydrogen (secondary N) is 1. The molecule has 0 amide bonds. The topological polar surface area (TPSA) is 59.3 Å². The van der Waals surface area contributed by atoms with E-state index in [1.165, 1.54) is 11.3 Å². The van der Waals surface area contributed by atoms with Gasteiger partial charge in [0.25, 0.3) is 0 Å². The summed E-state index contributed by atoms with van der Waals surface area (Å²) in [6, 6.07) is 11.5. The molecule has 1 heterocycles. The van der Waals surface area contributed by atoms with E-state index in [1.54, 1.807) is 0 Å². The molecule has 2 atom stereocenters. The summed E-state index contributed by atoms with van der Waals surface area (Å²) in [7, 11) is 0. The summed E-state index contributed by atoms with van der Waals surface area (Å²) in [6.45, 7) is 3.43. The summed E-state index contributed by atoms with van der Waals surface area (Å²) < 4.78 is 0. The Hall–Kier alpha value is -1.57. The van der Waals surface area contributed by atoms with E-state index in [0.717, 1.165) is 58.2 Å². The normalized spacial score (nSPS) is 26.0. The molecule has 1 saturated heterocycles. The van der Waals surface area contributed by atoms with Crippen LogP contribution in [0.15, 0.2) is 24.3 Å². The van der Waals surface area contributed by atoms with Crippen molar-refractivity contribution in [3.63, 3.8) is 0 Å². The zero-order valence-corrected chi connectivity index (χ0v) is 14.5. The number of aliphatic hydroxyl groups is 1. The molecule has 0 bridgehead atoms. The molecule has 24 heavy (non-hydrogen) atoms. The van der Waals surface area contributed by atoms with Crippen molar-refractivity contribution in [1.29, 1.82) is 5.26 Å². The number of hydrogen-bond acceptors (Lipinski definition) is 4. The van der Waals surface area contributed by atoms with Gasteiger partial charge in [0.05, 0.1) is 6.07 Å². The fourth-order valence-corrected chi connectivity index (χ4v) is 4.03. The van der Waals surface area contributed by atoms with E-state index in [4.69, 9.17) is 0 Å². The first-order chi connectivity index (χ1) is 11.8. The molecule has 2 N–H and O–H groups in total. The second-order valence-electron chi connectivity index (χ2n) is 7.39. The average Bonchev–Trinajstić information content (AvgIpc) is 2.64. The van der Waals surface area contributed by atoms with Crippen molar-refractivity contribution in [2.24, 2.45) is 11.8 Å². The van der Waals surface area contributed by atoms with E-state index < -0.39 is 0 Å². The van der Waals surface area contributed by atoms with Crippen molar-refractivity contribution < 1.29 is 5.11 Å². The number of nitrogens with zero attached hydrogens (tertiary/aromatic N) is 2. The minimum Gasteiger partial charge on any atom is -0.396 e. The fourth-order valence-electron chi connectivity index (χ4n) is 4.03. The van der Waals surface area contributed by atoms with E-state index in [-0.39, 0.29) is 5.92 Å². The zero-order valence-electron chi connectivity index (χ0n) is 14.5. The van der Waals surface area contributed by atoms with Crippen molar-refractivity contribution in [2.75, 3.05) is 25.0 Å². The number of para-hydroxylation sites is 1. The fraction of sp³-hybridized carbons (Fsp3) is 0.650. The Morgan fingerprint density at radius 1 is 1.17 bits per heavy atom. The lowest BCUT2D eigenvalue weighted by Crippen LogP contribution is -2.34. The lowest BCUT2D eigenvalue weighted by atomic mass is 9.86. The predicted molar refractivity (Wildman–Crippen MR) is 96.5 cm³/mol. The summed E-state index contributed by atoms with van der Waals surface area (Å²) >= 11 is 0. The van der Waals surface area contributed by atoms with Gasteiger partial charge in [-0.15, -0.1) is 0 Å². The summed E-state index contributed by atoms with van der Waals surface area (Å²) in [4.78, 5) is 2.49. The van der Waals surface area contributed by atoms with Gasteiger partial charge in [0, 0.05) is 30.8 Å². The van der Waals surface area contributed by atoms with Crippen LogP contribution in [0.25, 0.3) is 0 Å².